The number of methoxy groups -OCH3 is 1. The summed E-state index contributed by atoms with van der Waals surface area (Å²) in [4.78, 5) is 16.5. The number of carbonyl (C=O) groups is 1. The van der Waals surface area contributed by atoms with Crippen molar-refractivity contribution in [2.24, 2.45) is 0 Å². The molecule has 1 aliphatic heterocycles. The van der Waals surface area contributed by atoms with Crippen molar-refractivity contribution in [3.05, 3.63) is 52.5 Å². The molecule has 154 valence electrons. The number of hydrogen-bond donors (Lipinski definition) is 1. The van der Waals surface area contributed by atoms with Crippen LogP contribution in [0.1, 0.15) is 20.9 Å². The average Bonchev–Trinajstić information content (AvgIpc) is 3.26. The minimum atomic E-state index is -0.0257. The number of aromatic nitrogens is 1. The fourth-order valence-electron chi connectivity index (χ4n) is 3.72. The number of amides is 1. The number of ether oxygens (including phenoxy) is 2. The second-order valence-electron chi connectivity index (χ2n) is 7.28. The highest BCUT2D eigenvalue weighted by atomic mass is 32.1. The van der Waals surface area contributed by atoms with Gasteiger partial charge in [-0.1, -0.05) is 12.1 Å². The predicted octanol–water partition coefficient (Wildman–Crippen LogP) is 3.13. The molecule has 7 heteroatoms. The number of morpholine rings is 1. The van der Waals surface area contributed by atoms with Gasteiger partial charge in [-0.15, -0.1) is 11.3 Å². The molecule has 6 nitrogen and oxygen atoms in total. The first-order valence-corrected chi connectivity index (χ1v) is 10.8. The minimum Gasteiger partial charge on any atom is -0.497 e. The lowest BCUT2D eigenvalue weighted by Gasteiger charge is -2.26. The van der Waals surface area contributed by atoms with Crippen molar-refractivity contribution in [3.63, 3.8) is 0 Å². The molecule has 1 saturated heterocycles. The van der Waals surface area contributed by atoms with E-state index >= 15 is 0 Å². The lowest BCUT2D eigenvalue weighted by Crippen LogP contribution is -2.41. The molecule has 0 unspecified atom stereocenters. The van der Waals surface area contributed by atoms with Crippen molar-refractivity contribution in [1.29, 1.82) is 0 Å². The van der Waals surface area contributed by atoms with Gasteiger partial charge in [0.2, 0.25) is 0 Å². The van der Waals surface area contributed by atoms with E-state index in [0.717, 1.165) is 54.4 Å². The minimum absolute atomic E-state index is 0.0257. The Morgan fingerprint density at radius 3 is 2.86 bits per heavy atom. The monoisotopic (exact) mass is 413 g/mol. The fourth-order valence-corrected chi connectivity index (χ4v) is 4.68. The molecule has 0 spiro atoms. The third kappa shape index (κ3) is 4.63. The summed E-state index contributed by atoms with van der Waals surface area (Å²) < 4.78 is 14.0. The second-order valence-corrected chi connectivity index (χ2v) is 8.57. The molecule has 29 heavy (non-hydrogen) atoms. The van der Waals surface area contributed by atoms with E-state index in [1.807, 2.05) is 24.3 Å². The molecule has 0 bridgehead atoms. The van der Waals surface area contributed by atoms with Gasteiger partial charge in [0.1, 0.15) is 11.4 Å². The van der Waals surface area contributed by atoms with Gasteiger partial charge in [-0.2, -0.15) is 0 Å². The molecule has 1 amide bonds. The number of nitrogens with zero attached hydrogens (tertiary/aromatic N) is 2. The topological polar surface area (TPSA) is 55.7 Å². The maximum Gasteiger partial charge on any atom is 0.268 e. The Morgan fingerprint density at radius 2 is 2.07 bits per heavy atom. The normalized spacial score (nSPS) is 15.0. The van der Waals surface area contributed by atoms with Gasteiger partial charge in [0.25, 0.3) is 5.91 Å². The third-order valence-electron chi connectivity index (χ3n) is 5.24. The summed E-state index contributed by atoms with van der Waals surface area (Å²) in [5.41, 5.74) is 2.91. The highest BCUT2D eigenvalue weighted by Gasteiger charge is 2.18. The summed E-state index contributed by atoms with van der Waals surface area (Å²) in [7, 11) is 1.67. The Balaban J connectivity index is 1.52. The van der Waals surface area contributed by atoms with Crippen LogP contribution in [0.25, 0.3) is 10.2 Å². The third-order valence-corrected chi connectivity index (χ3v) is 6.22. The van der Waals surface area contributed by atoms with Crippen molar-refractivity contribution in [3.8, 4) is 5.75 Å². The van der Waals surface area contributed by atoms with Crippen molar-refractivity contribution in [2.75, 3.05) is 46.5 Å². The number of thiophene rings is 1. The van der Waals surface area contributed by atoms with Gasteiger partial charge < -0.3 is 19.4 Å². The summed E-state index contributed by atoms with van der Waals surface area (Å²) in [6.07, 6.45) is 0. The van der Waals surface area contributed by atoms with Crippen molar-refractivity contribution < 1.29 is 14.3 Å². The molecular formula is C22H27N3O3S. The van der Waals surface area contributed by atoms with E-state index in [1.54, 1.807) is 18.4 Å². The fraction of sp³-hybridized carbons (Fsp3) is 0.409. The van der Waals surface area contributed by atoms with Gasteiger partial charge in [0.05, 0.1) is 30.5 Å². The Hall–Kier alpha value is -2.35. The van der Waals surface area contributed by atoms with Crippen LogP contribution in [0.15, 0.2) is 36.4 Å². The van der Waals surface area contributed by atoms with Gasteiger partial charge in [-0.05, 0) is 36.8 Å². The Morgan fingerprint density at radius 1 is 1.24 bits per heavy atom. The standard InChI is InChI=1S/C22H27N3O3S/c1-16-12-19-21(29-16)14-20(22(26)23-6-7-24-8-10-28-11-9-24)25(19)15-17-4-3-5-18(13-17)27-2/h3-5,12-14H,6-11,15H2,1-2H3,(H,23,26). The van der Waals surface area contributed by atoms with E-state index in [0.29, 0.717) is 18.8 Å². The molecule has 3 aromatic rings. The van der Waals surface area contributed by atoms with Crippen LogP contribution >= 0.6 is 11.3 Å². The molecule has 1 N–H and O–H groups in total. The quantitative estimate of drug-likeness (QED) is 0.647. The lowest BCUT2D eigenvalue weighted by atomic mass is 10.2. The largest absolute Gasteiger partial charge is 0.497 e. The van der Waals surface area contributed by atoms with Crippen LogP contribution in [0.4, 0.5) is 0 Å². The lowest BCUT2D eigenvalue weighted by molar-refractivity contribution is 0.0383. The van der Waals surface area contributed by atoms with Crippen LogP contribution in [0.5, 0.6) is 5.75 Å². The predicted molar refractivity (Wildman–Crippen MR) is 116 cm³/mol. The zero-order valence-electron chi connectivity index (χ0n) is 16.9. The number of carbonyl (C=O) groups excluding carboxylic acids is 1. The number of fused-ring (bicyclic) bond motifs is 1. The van der Waals surface area contributed by atoms with Gasteiger partial charge in [0.15, 0.2) is 0 Å². The van der Waals surface area contributed by atoms with Gasteiger partial charge in [-0.25, -0.2) is 0 Å². The SMILES string of the molecule is COc1cccc(Cn2c(C(=O)NCCN3CCOCC3)cc3sc(C)cc32)c1. The van der Waals surface area contributed by atoms with E-state index in [2.05, 4.69) is 33.8 Å². The number of nitrogens with one attached hydrogen (secondary N) is 1. The first kappa shape index (κ1) is 19.9. The highest BCUT2D eigenvalue weighted by Crippen LogP contribution is 2.29. The van der Waals surface area contributed by atoms with E-state index in [9.17, 15) is 4.79 Å². The molecule has 1 aliphatic rings. The number of rotatable bonds is 7. The maximum atomic E-state index is 13.0. The van der Waals surface area contributed by atoms with Crippen LogP contribution in [0, 0.1) is 6.92 Å². The second kappa shape index (κ2) is 8.98. The van der Waals surface area contributed by atoms with Crippen molar-refractivity contribution in [2.45, 2.75) is 13.5 Å². The molecule has 4 rings (SSSR count). The molecule has 1 fully saturated rings. The van der Waals surface area contributed by atoms with Crippen LogP contribution in [-0.4, -0.2) is 61.9 Å². The van der Waals surface area contributed by atoms with Crippen LogP contribution in [0.3, 0.4) is 0 Å². The average molecular weight is 414 g/mol. The smallest absolute Gasteiger partial charge is 0.268 e. The summed E-state index contributed by atoms with van der Waals surface area (Å²) >= 11 is 1.72. The number of benzene rings is 1. The maximum absolute atomic E-state index is 13.0. The molecule has 2 aromatic heterocycles. The molecule has 0 radical (unpaired) electrons. The summed E-state index contributed by atoms with van der Waals surface area (Å²) in [5, 5.41) is 3.10. The molecule has 0 atom stereocenters. The first-order chi connectivity index (χ1) is 14.1. The van der Waals surface area contributed by atoms with Crippen molar-refractivity contribution >= 4 is 27.5 Å². The molecular weight excluding hydrogens is 386 g/mol. The van der Waals surface area contributed by atoms with Crippen LogP contribution < -0.4 is 10.1 Å². The van der Waals surface area contributed by atoms with Gasteiger partial charge >= 0.3 is 0 Å². The molecule has 0 aliphatic carbocycles. The Bertz CT molecular complexity index is 989. The first-order valence-electron chi connectivity index (χ1n) is 9.95. The van der Waals surface area contributed by atoms with Crippen LogP contribution in [-0.2, 0) is 11.3 Å². The highest BCUT2D eigenvalue weighted by molar-refractivity contribution is 7.19. The zero-order chi connectivity index (χ0) is 20.2. The summed E-state index contributed by atoms with van der Waals surface area (Å²) in [6, 6.07) is 12.2. The Labute approximate surface area is 175 Å². The molecule has 0 saturated carbocycles. The summed E-state index contributed by atoms with van der Waals surface area (Å²) in [6.45, 7) is 7.61. The van der Waals surface area contributed by atoms with E-state index < -0.39 is 0 Å². The summed E-state index contributed by atoms with van der Waals surface area (Å²) in [5.74, 6) is 0.797. The van der Waals surface area contributed by atoms with E-state index in [1.165, 1.54) is 4.88 Å². The van der Waals surface area contributed by atoms with Crippen LogP contribution in [0.2, 0.25) is 0 Å². The van der Waals surface area contributed by atoms with Gasteiger partial charge in [0, 0.05) is 37.6 Å². The Kier molecular flexibility index (Phi) is 6.18. The van der Waals surface area contributed by atoms with Crippen molar-refractivity contribution in [1.82, 2.24) is 14.8 Å². The molecule has 1 aromatic carbocycles. The molecule has 3 heterocycles. The zero-order valence-corrected chi connectivity index (χ0v) is 17.8. The van der Waals surface area contributed by atoms with E-state index in [4.69, 9.17) is 9.47 Å². The van der Waals surface area contributed by atoms with E-state index in [-0.39, 0.29) is 5.91 Å². The number of hydrogen-bond acceptors (Lipinski definition) is 5. The van der Waals surface area contributed by atoms with Gasteiger partial charge in [-0.3, -0.25) is 9.69 Å². The number of aryl methyl sites for hydroxylation is 1.